The van der Waals surface area contributed by atoms with Gasteiger partial charge in [0, 0.05) is 30.8 Å². The van der Waals surface area contributed by atoms with Gasteiger partial charge in [0.1, 0.15) is 13.2 Å². The Hall–Kier alpha value is -3.42. The van der Waals surface area contributed by atoms with Crippen LogP contribution in [0.2, 0.25) is 0 Å². The predicted octanol–water partition coefficient (Wildman–Crippen LogP) is 4.00. The molecule has 0 aromatic heterocycles. The van der Waals surface area contributed by atoms with Gasteiger partial charge >= 0.3 is 0 Å². The summed E-state index contributed by atoms with van der Waals surface area (Å²) < 4.78 is 22.9. The number of anilines is 1. The lowest BCUT2D eigenvalue weighted by molar-refractivity contribution is 0.171. The van der Waals surface area contributed by atoms with Crippen molar-refractivity contribution in [2.24, 2.45) is 5.92 Å². The normalized spacial score (nSPS) is 22.6. The summed E-state index contributed by atoms with van der Waals surface area (Å²) in [6.07, 6.45) is 0. The van der Waals surface area contributed by atoms with E-state index < -0.39 is 0 Å². The zero-order valence-electron chi connectivity index (χ0n) is 19.4. The van der Waals surface area contributed by atoms with Crippen LogP contribution in [0.5, 0.6) is 23.0 Å². The third-order valence-electron chi connectivity index (χ3n) is 7.03. The van der Waals surface area contributed by atoms with E-state index in [1.165, 1.54) is 22.4 Å². The number of nitrogens with zero attached hydrogens (tertiary/aromatic N) is 1. The molecule has 7 heteroatoms. The number of methoxy groups -OCH3 is 2. The van der Waals surface area contributed by atoms with Gasteiger partial charge in [-0.25, -0.2) is 10.9 Å². The fourth-order valence-corrected chi connectivity index (χ4v) is 5.41. The minimum absolute atomic E-state index is 0.115. The minimum atomic E-state index is 0.115. The SMILES string of the molecule is COc1ccc(C2NNC3c4cc5c(cc4N(Cc4ccccc4)CC23)OCCO5)cc1OC. The summed E-state index contributed by atoms with van der Waals surface area (Å²) in [5.41, 5.74) is 12.0. The number of hydrogen-bond donors (Lipinski definition) is 2. The minimum Gasteiger partial charge on any atom is -0.493 e. The summed E-state index contributed by atoms with van der Waals surface area (Å²) in [5, 5.41) is 0. The Labute approximate surface area is 199 Å². The van der Waals surface area contributed by atoms with Crippen LogP contribution in [-0.4, -0.2) is 34.0 Å². The van der Waals surface area contributed by atoms with Crippen LogP contribution in [0.1, 0.15) is 28.8 Å². The second kappa shape index (κ2) is 8.74. The van der Waals surface area contributed by atoms with Gasteiger partial charge in [-0.1, -0.05) is 36.4 Å². The molecular weight excluding hydrogens is 430 g/mol. The van der Waals surface area contributed by atoms with E-state index >= 15 is 0 Å². The van der Waals surface area contributed by atoms with Gasteiger partial charge in [-0.2, -0.15) is 0 Å². The van der Waals surface area contributed by atoms with Crippen molar-refractivity contribution in [2.45, 2.75) is 18.6 Å². The van der Waals surface area contributed by atoms with Crippen LogP contribution in [-0.2, 0) is 6.54 Å². The molecule has 3 unspecified atom stereocenters. The van der Waals surface area contributed by atoms with Crippen molar-refractivity contribution in [3.63, 3.8) is 0 Å². The summed E-state index contributed by atoms with van der Waals surface area (Å²) in [6.45, 7) is 2.88. The molecular formula is C27H29N3O4. The smallest absolute Gasteiger partial charge is 0.163 e. The molecule has 7 nitrogen and oxygen atoms in total. The van der Waals surface area contributed by atoms with Gasteiger partial charge in [0.15, 0.2) is 23.0 Å². The van der Waals surface area contributed by atoms with Crippen molar-refractivity contribution in [3.8, 4) is 23.0 Å². The fourth-order valence-electron chi connectivity index (χ4n) is 5.41. The molecule has 34 heavy (non-hydrogen) atoms. The monoisotopic (exact) mass is 459 g/mol. The summed E-state index contributed by atoms with van der Waals surface area (Å²) in [7, 11) is 3.34. The third-order valence-corrected chi connectivity index (χ3v) is 7.03. The van der Waals surface area contributed by atoms with E-state index in [4.69, 9.17) is 18.9 Å². The lowest BCUT2D eigenvalue weighted by Gasteiger charge is -2.40. The Morgan fingerprint density at radius 1 is 0.853 bits per heavy atom. The summed E-state index contributed by atoms with van der Waals surface area (Å²) in [6, 6.07) is 21.3. The molecule has 0 radical (unpaired) electrons. The topological polar surface area (TPSA) is 64.2 Å². The third kappa shape index (κ3) is 3.61. The first-order valence-electron chi connectivity index (χ1n) is 11.7. The van der Waals surface area contributed by atoms with E-state index in [2.05, 4.69) is 70.3 Å². The molecule has 0 aliphatic carbocycles. The summed E-state index contributed by atoms with van der Waals surface area (Å²) in [5.74, 6) is 3.42. The fraction of sp³-hybridized carbons (Fsp3) is 0.333. The number of hydrogen-bond acceptors (Lipinski definition) is 7. The van der Waals surface area contributed by atoms with Gasteiger partial charge in [0.05, 0.1) is 26.3 Å². The van der Waals surface area contributed by atoms with Gasteiger partial charge < -0.3 is 23.8 Å². The molecule has 3 aliphatic heterocycles. The van der Waals surface area contributed by atoms with Crippen molar-refractivity contribution in [1.82, 2.24) is 10.9 Å². The number of benzene rings is 3. The van der Waals surface area contributed by atoms with E-state index in [1.807, 2.05) is 6.07 Å². The standard InChI is InChI=1S/C27H29N3O4/c1-31-22-9-8-18(12-23(22)32-2)26-20-16-30(15-17-6-4-3-5-7-17)21-14-25-24(33-10-11-34-25)13-19(21)27(20)29-28-26/h3-9,12-14,20,26-29H,10-11,15-16H2,1-2H3. The van der Waals surface area contributed by atoms with Gasteiger partial charge in [-0.15, -0.1) is 0 Å². The Morgan fingerprint density at radius 3 is 2.35 bits per heavy atom. The second-order valence-electron chi connectivity index (χ2n) is 8.94. The Balaban J connectivity index is 1.39. The number of ether oxygens (including phenoxy) is 4. The van der Waals surface area contributed by atoms with Crippen LogP contribution < -0.4 is 34.7 Å². The molecule has 3 aromatic carbocycles. The Kier molecular flexibility index (Phi) is 5.43. The van der Waals surface area contributed by atoms with Gasteiger partial charge in [-0.3, -0.25) is 0 Å². The molecule has 0 spiro atoms. The van der Waals surface area contributed by atoms with Crippen LogP contribution in [0.4, 0.5) is 5.69 Å². The number of hydrazine groups is 1. The molecule has 1 fully saturated rings. The molecule has 176 valence electrons. The number of fused-ring (bicyclic) bond motifs is 4. The molecule has 0 amide bonds. The van der Waals surface area contributed by atoms with Gasteiger partial charge in [0.2, 0.25) is 0 Å². The molecule has 3 atom stereocenters. The summed E-state index contributed by atoms with van der Waals surface area (Å²) >= 11 is 0. The van der Waals surface area contributed by atoms with Crippen LogP contribution in [0, 0.1) is 5.92 Å². The average molecular weight is 460 g/mol. The highest BCUT2D eigenvalue weighted by Gasteiger charge is 2.44. The number of rotatable bonds is 5. The van der Waals surface area contributed by atoms with Crippen molar-refractivity contribution in [1.29, 1.82) is 0 Å². The predicted molar refractivity (Wildman–Crippen MR) is 130 cm³/mol. The average Bonchev–Trinajstić information content (AvgIpc) is 3.32. The molecule has 1 saturated heterocycles. The molecule has 3 aromatic rings. The van der Waals surface area contributed by atoms with E-state index in [0.717, 1.165) is 36.1 Å². The highest BCUT2D eigenvalue weighted by molar-refractivity contribution is 5.66. The van der Waals surface area contributed by atoms with Gasteiger partial charge in [0.25, 0.3) is 0 Å². The van der Waals surface area contributed by atoms with Crippen LogP contribution in [0.25, 0.3) is 0 Å². The first-order valence-corrected chi connectivity index (χ1v) is 11.7. The quantitative estimate of drug-likeness (QED) is 0.598. The van der Waals surface area contributed by atoms with E-state index in [1.54, 1.807) is 14.2 Å². The number of nitrogens with one attached hydrogen (secondary N) is 2. The zero-order chi connectivity index (χ0) is 23.1. The highest BCUT2D eigenvalue weighted by Crippen LogP contribution is 2.49. The van der Waals surface area contributed by atoms with E-state index in [-0.39, 0.29) is 12.1 Å². The maximum absolute atomic E-state index is 5.94. The molecule has 3 aliphatic rings. The lowest BCUT2D eigenvalue weighted by Crippen LogP contribution is -2.39. The van der Waals surface area contributed by atoms with Crippen LogP contribution in [0.15, 0.2) is 60.7 Å². The molecule has 2 N–H and O–H groups in total. The van der Waals surface area contributed by atoms with Crippen molar-refractivity contribution >= 4 is 5.69 Å². The molecule has 0 saturated carbocycles. The second-order valence-corrected chi connectivity index (χ2v) is 8.94. The van der Waals surface area contributed by atoms with E-state index in [0.29, 0.717) is 19.1 Å². The van der Waals surface area contributed by atoms with Crippen LogP contribution >= 0.6 is 0 Å². The summed E-state index contributed by atoms with van der Waals surface area (Å²) in [4.78, 5) is 2.46. The maximum Gasteiger partial charge on any atom is 0.163 e. The van der Waals surface area contributed by atoms with Crippen LogP contribution in [0.3, 0.4) is 0 Å². The maximum atomic E-state index is 5.94. The molecule has 0 bridgehead atoms. The van der Waals surface area contributed by atoms with Crippen molar-refractivity contribution < 1.29 is 18.9 Å². The Morgan fingerprint density at radius 2 is 1.59 bits per heavy atom. The van der Waals surface area contributed by atoms with Crippen molar-refractivity contribution in [3.05, 3.63) is 77.4 Å². The highest BCUT2D eigenvalue weighted by atomic mass is 16.6. The molecule has 6 rings (SSSR count). The first kappa shape index (κ1) is 21.1. The van der Waals surface area contributed by atoms with Gasteiger partial charge in [-0.05, 0) is 34.9 Å². The lowest BCUT2D eigenvalue weighted by atomic mass is 9.81. The Bertz CT molecular complexity index is 1190. The van der Waals surface area contributed by atoms with E-state index in [9.17, 15) is 0 Å². The molecule has 3 heterocycles. The van der Waals surface area contributed by atoms with Crippen molar-refractivity contribution in [2.75, 3.05) is 38.9 Å². The zero-order valence-corrected chi connectivity index (χ0v) is 19.4. The largest absolute Gasteiger partial charge is 0.493 e. The first-order chi connectivity index (χ1) is 16.7.